The number of nitro benzene ring substituents is 1. The summed E-state index contributed by atoms with van der Waals surface area (Å²) in [5.41, 5.74) is 0.418. The number of nitrogens with one attached hydrogen (secondary N) is 1. The lowest BCUT2D eigenvalue weighted by atomic mass is 10.1. The van der Waals surface area contributed by atoms with E-state index < -0.39 is 21.0 Å². The number of sulfonamides is 1. The third-order valence-corrected chi connectivity index (χ3v) is 2.87. The van der Waals surface area contributed by atoms with Crippen molar-refractivity contribution in [2.24, 2.45) is 0 Å². The first-order chi connectivity index (χ1) is 8.33. The predicted octanol–water partition coefficient (Wildman–Crippen LogP) is 1.10. The molecule has 1 atom stereocenters. The Labute approximate surface area is 104 Å². The van der Waals surface area contributed by atoms with Crippen LogP contribution in [-0.2, 0) is 10.0 Å². The maximum Gasteiger partial charge on any atom is 0.269 e. The first kappa shape index (κ1) is 14.1. The standard InChI is InChI=1S/C10H11N3O4S/c1-18(16,17)12-10(6-7-11)8-2-4-9(5-3-8)13(14)15/h2-5,10,12H,6H2,1H3. The van der Waals surface area contributed by atoms with Crippen LogP contribution in [0.25, 0.3) is 0 Å². The molecule has 1 rings (SSSR count). The highest BCUT2D eigenvalue weighted by atomic mass is 32.2. The largest absolute Gasteiger partial charge is 0.269 e. The van der Waals surface area contributed by atoms with E-state index in [2.05, 4.69) is 4.72 Å². The van der Waals surface area contributed by atoms with E-state index >= 15 is 0 Å². The van der Waals surface area contributed by atoms with Gasteiger partial charge in [0.1, 0.15) is 0 Å². The highest BCUT2D eigenvalue weighted by Gasteiger charge is 2.16. The van der Waals surface area contributed by atoms with E-state index in [9.17, 15) is 18.5 Å². The minimum atomic E-state index is -3.46. The lowest BCUT2D eigenvalue weighted by Gasteiger charge is -2.14. The highest BCUT2D eigenvalue weighted by Crippen LogP contribution is 2.20. The van der Waals surface area contributed by atoms with E-state index in [0.29, 0.717) is 5.56 Å². The number of nitriles is 1. The summed E-state index contributed by atoms with van der Waals surface area (Å²) in [4.78, 5) is 9.93. The molecule has 1 N–H and O–H groups in total. The number of nitrogens with zero attached hydrogens (tertiary/aromatic N) is 2. The Morgan fingerprint density at radius 2 is 2.00 bits per heavy atom. The van der Waals surface area contributed by atoms with Gasteiger partial charge < -0.3 is 0 Å². The Kier molecular flexibility index (Phi) is 4.36. The number of hydrogen-bond donors (Lipinski definition) is 1. The first-order valence-corrected chi connectivity index (χ1v) is 6.81. The molecule has 1 aromatic rings. The van der Waals surface area contributed by atoms with Gasteiger partial charge in [0.2, 0.25) is 10.0 Å². The molecule has 7 nitrogen and oxygen atoms in total. The Morgan fingerprint density at radius 3 is 2.39 bits per heavy atom. The Balaban J connectivity index is 3.00. The SMILES string of the molecule is CS(=O)(=O)NC(CC#N)c1ccc([N+](=O)[O-])cc1. The Bertz CT molecular complexity index is 574. The number of non-ortho nitro benzene ring substituents is 1. The smallest absolute Gasteiger partial charge is 0.258 e. The molecule has 1 aromatic carbocycles. The zero-order valence-corrected chi connectivity index (χ0v) is 10.3. The van der Waals surface area contributed by atoms with Crippen LogP contribution in [0.3, 0.4) is 0 Å². The number of benzene rings is 1. The van der Waals surface area contributed by atoms with Gasteiger partial charge in [-0.1, -0.05) is 12.1 Å². The zero-order valence-electron chi connectivity index (χ0n) is 9.53. The third-order valence-electron chi connectivity index (χ3n) is 2.16. The molecule has 0 spiro atoms. The second-order valence-corrected chi connectivity index (χ2v) is 5.43. The second kappa shape index (κ2) is 5.57. The minimum absolute atomic E-state index is 0.0507. The molecular weight excluding hydrogens is 258 g/mol. The van der Waals surface area contributed by atoms with Crippen LogP contribution in [0.4, 0.5) is 5.69 Å². The van der Waals surface area contributed by atoms with Gasteiger partial charge in [0.25, 0.3) is 5.69 Å². The molecule has 96 valence electrons. The molecular formula is C10H11N3O4S. The summed E-state index contributed by atoms with van der Waals surface area (Å²) in [6.07, 6.45) is 0.938. The number of nitro groups is 1. The first-order valence-electron chi connectivity index (χ1n) is 4.92. The van der Waals surface area contributed by atoms with Crippen LogP contribution in [0, 0.1) is 21.4 Å². The summed E-state index contributed by atoms with van der Waals surface area (Å²) in [5.74, 6) is 0. The van der Waals surface area contributed by atoms with E-state index in [-0.39, 0.29) is 12.1 Å². The molecule has 0 amide bonds. The summed E-state index contributed by atoms with van der Waals surface area (Å²) in [5, 5.41) is 19.1. The average Bonchev–Trinajstić information content (AvgIpc) is 2.27. The highest BCUT2D eigenvalue weighted by molar-refractivity contribution is 7.88. The van der Waals surface area contributed by atoms with Gasteiger partial charge in [-0.15, -0.1) is 0 Å². The van der Waals surface area contributed by atoms with Crippen molar-refractivity contribution in [1.82, 2.24) is 4.72 Å². The molecule has 1 unspecified atom stereocenters. The minimum Gasteiger partial charge on any atom is -0.258 e. The van der Waals surface area contributed by atoms with Crippen molar-refractivity contribution >= 4 is 15.7 Å². The second-order valence-electron chi connectivity index (χ2n) is 3.65. The maximum absolute atomic E-state index is 11.1. The van der Waals surface area contributed by atoms with E-state index in [4.69, 9.17) is 5.26 Å². The number of rotatable bonds is 5. The molecule has 0 aliphatic heterocycles. The molecule has 0 saturated carbocycles. The fraction of sp³-hybridized carbons (Fsp3) is 0.300. The van der Waals surface area contributed by atoms with E-state index in [1.807, 2.05) is 6.07 Å². The van der Waals surface area contributed by atoms with Crippen molar-refractivity contribution in [3.63, 3.8) is 0 Å². The van der Waals surface area contributed by atoms with Gasteiger partial charge in [0.05, 0.1) is 29.7 Å². The van der Waals surface area contributed by atoms with Gasteiger partial charge in [-0.25, -0.2) is 13.1 Å². The lowest BCUT2D eigenvalue weighted by Crippen LogP contribution is -2.27. The molecule has 0 fully saturated rings. The van der Waals surface area contributed by atoms with E-state index in [0.717, 1.165) is 6.26 Å². The van der Waals surface area contributed by atoms with Crippen molar-refractivity contribution in [2.75, 3.05) is 6.26 Å². The van der Waals surface area contributed by atoms with Crippen LogP contribution < -0.4 is 4.72 Å². The zero-order chi connectivity index (χ0) is 13.8. The normalized spacial score (nSPS) is 12.7. The predicted molar refractivity (Wildman–Crippen MR) is 64.0 cm³/mol. The fourth-order valence-electron chi connectivity index (χ4n) is 1.41. The van der Waals surface area contributed by atoms with Crippen molar-refractivity contribution in [1.29, 1.82) is 5.26 Å². The fourth-order valence-corrected chi connectivity index (χ4v) is 2.14. The van der Waals surface area contributed by atoms with Crippen LogP contribution in [0.5, 0.6) is 0 Å². The van der Waals surface area contributed by atoms with Gasteiger partial charge in [-0.2, -0.15) is 5.26 Å². The third kappa shape index (κ3) is 4.12. The lowest BCUT2D eigenvalue weighted by molar-refractivity contribution is -0.384. The van der Waals surface area contributed by atoms with Crippen molar-refractivity contribution in [2.45, 2.75) is 12.5 Å². The van der Waals surface area contributed by atoms with Crippen molar-refractivity contribution in [3.05, 3.63) is 39.9 Å². The van der Waals surface area contributed by atoms with Gasteiger partial charge >= 0.3 is 0 Å². The molecule has 0 heterocycles. The molecule has 18 heavy (non-hydrogen) atoms. The molecule has 0 saturated heterocycles. The summed E-state index contributed by atoms with van der Waals surface area (Å²) >= 11 is 0. The molecule has 0 aliphatic carbocycles. The van der Waals surface area contributed by atoms with Crippen LogP contribution in [-0.4, -0.2) is 19.6 Å². The van der Waals surface area contributed by atoms with Gasteiger partial charge in [-0.3, -0.25) is 10.1 Å². The number of hydrogen-bond acceptors (Lipinski definition) is 5. The molecule has 0 aliphatic rings. The summed E-state index contributed by atoms with van der Waals surface area (Å²) < 4.78 is 24.6. The summed E-state index contributed by atoms with van der Waals surface area (Å²) in [7, 11) is -3.46. The van der Waals surface area contributed by atoms with Crippen LogP contribution >= 0.6 is 0 Å². The van der Waals surface area contributed by atoms with Gasteiger partial charge in [0.15, 0.2) is 0 Å². The van der Waals surface area contributed by atoms with Gasteiger partial charge in [0, 0.05) is 12.1 Å². The summed E-state index contributed by atoms with van der Waals surface area (Å²) in [6.45, 7) is 0. The molecule has 8 heteroatoms. The van der Waals surface area contributed by atoms with Crippen molar-refractivity contribution in [3.8, 4) is 6.07 Å². The maximum atomic E-state index is 11.1. The Morgan fingerprint density at radius 1 is 1.44 bits per heavy atom. The molecule has 0 bridgehead atoms. The van der Waals surface area contributed by atoms with Crippen LogP contribution in [0.2, 0.25) is 0 Å². The topological polar surface area (TPSA) is 113 Å². The monoisotopic (exact) mass is 269 g/mol. The van der Waals surface area contributed by atoms with Crippen LogP contribution in [0.1, 0.15) is 18.0 Å². The van der Waals surface area contributed by atoms with E-state index in [1.165, 1.54) is 24.3 Å². The molecule has 0 aromatic heterocycles. The summed E-state index contributed by atoms with van der Waals surface area (Å²) in [6, 6.07) is 6.56. The van der Waals surface area contributed by atoms with Crippen LogP contribution in [0.15, 0.2) is 24.3 Å². The molecule has 0 radical (unpaired) electrons. The van der Waals surface area contributed by atoms with E-state index in [1.54, 1.807) is 0 Å². The quantitative estimate of drug-likeness (QED) is 0.635. The Hall–Kier alpha value is -1.98. The van der Waals surface area contributed by atoms with Crippen molar-refractivity contribution < 1.29 is 13.3 Å². The van der Waals surface area contributed by atoms with Gasteiger partial charge in [-0.05, 0) is 5.56 Å². The average molecular weight is 269 g/mol.